The Balaban J connectivity index is 1.95. The van der Waals surface area contributed by atoms with Gasteiger partial charge in [0.1, 0.15) is 14.7 Å². The van der Waals surface area contributed by atoms with Crippen molar-refractivity contribution in [3.05, 3.63) is 51.2 Å². The Morgan fingerprint density at radius 3 is 2.20 bits per heavy atom. The second-order valence-electron chi connectivity index (χ2n) is 6.21. The van der Waals surface area contributed by atoms with Crippen LogP contribution in [0.1, 0.15) is 19.4 Å². The van der Waals surface area contributed by atoms with E-state index in [1.54, 1.807) is 43.0 Å². The number of anilines is 1. The first kappa shape index (κ1) is 18.4. The van der Waals surface area contributed by atoms with E-state index in [0.29, 0.717) is 21.4 Å². The number of rotatable bonds is 3. The van der Waals surface area contributed by atoms with Gasteiger partial charge in [-0.1, -0.05) is 0 Å². The molecule has 0 unspecified atom stereocenters. The molecule has 130 valence electrons. The molecule has 1 aliphatic heterocycles. The molecule has 0 spiro atoms. The van der Waals surface area contributed by atoms with Crippen LogP contribution in [-0.4, -0.2) is 27.4 Å². The summed E-state index contributed by atoms with van der Waals surface area (Å²) in [5, 5.41) is 0. The molecule has 1 saturated heterocycles. The molecule has 25 heavy (non-hydrogen) atoms. The summed E-state index contributed by atoms with van der Waals surface area (Å²) in [6.45, 7) is 3.81. The molecule has 1 aromatic heterocycles. The largest absolute Gasteiger partial charge is 0.332 e. The summed E-state index contributed by atoms with van der Waals surface area (Å²) in [6, 6.07) is 10.3. The number of carbonyl (C=O) groups is 2. The number of hydrogen-bond donors (Lipinski definition) is 1. The molecule has 0 radical (unpaired) electrons. The fourth-order valence-corrected chi connectivity index (χ4v) is 4.08. The van der Waals surface area contributed by atoms with Crippen LogP contribution in [-0.2, 0) is 11.3 Å². The molecule has 0 saturated carbocycles. The molecule has 0 N–H and O–H groups in total. The maximum absolute atomic E-state index is 13.0. The summed E-state index contributed by atoms with van der Waals surface area (Å²) in [5.74, 6) is -0.253. The van der Waals surface area contributed by atoms with Gasteiger partial charge in [-0.05, 0) is 87.7 Å². The third-order valence-electron chi connectivity index (χ3n) is 4.09. The number of nitrogens with zero attached hydrogens (tertiary/aromatic N) is 3. The zero-order valence-corrected chi connectivity index (χ0v) is 17.6. The first-order valence-electron chi connectivity index (χ1n) is 7.47. The molecule has 5 nitrogen and oxygen atoms in total. The zero-order valence-electron chi connectivity index (χ0n) is 13.5. The van der Waals surface area contributed by atoms with Gasteiger partial charge in [0, 0.05) is 11.4 Å². The Bertz CT molecular complexity index is 835. The molecule has 1 aromatic carbocycles. The summed E-state index contributed by atoms with van der Waals surface area (Å²) < 4.78 is 1.32. The highest BCUT2D eigenvalue weighted by Crippen LogP contribution is 2.34. The Kier molecular flexibility index (Phi) is 4.96. The summed E-state index contributed by atoms with van der Waals surface area (Å²) >= 11 is 10.9. The van der Waals surface area contributed by atoms with Gasteiger partial charge in [0.05, 0.1) is 5.69 Å². The number of aromatic nitrogens is 1. The van der Waals surface area contributed by atoms with Crippen LogP contribution < -0.4 is 4.90 Å². The predicted molar refractivity (Wildman–Crippen MR) is 106 cm³/mol. The first-order chi connectivity index (χ1) is 11.7. The summed E-state index contributed by atoms with van der Waals surface area (Å²) in [6.07, 6.45) is 0. The third-order valence-corrected chi connectivity index (χ3v) is 5.21. The van der Waals surface area contributed by atoms with Gasteiger partial charge in [-0.3, -0.25) is 4.79 Å². The monoisotopic (exact) mass is 483 g/mol. The molecule has 8 heteroatoms. The highest BCUT2D eigenvalue weighted by Gasteiger charge is 2.51. The van der Waals surface area contributed by atoms with Crippen molar-refractivity contribution in [2.75, 3.05) is 4.90 Å². The Morgan fingerprint density at radius 2 is 1.64 bits per heavy atom. The molecule has 2 aromatic rings. The number of amides is 3. The molecule has 0 atom stereocenters. The number of benzene rings is 1. The molecule has 1 aliphatic rings. The summed E-state index contributed by atoms with van der Waals surface area (Å²) in [4.78, 5) is 33.6. The van der Waals surface area contributed by atoms with Crippen LogP contribution in [0.15, 0.2) is 50.5 Å². The van der Waals surface area contributed by atoms with Crippen molar-refractivity contribution >= 4 is 62.1 Å². The second-order valence-corrected chi connectivity index (χ2v) is 8.35. The molecule has 0 aliphatic carbocycles. The third kappa shape index (κ3) is 3.47. The van der Waals surface area contributed by atoms with E-state index in [1.807, 2.05) is 12.1 Å². The minimum atomic E-state index is -0.945. The van der Waals surface area contributed by atoms with Gasteiger partial charge in [-0.25, -0.2) is 14.7 Å². The van der Waals surface area contributed by atoms with Crippen molar-refractivity contribution in [3.8, 4) is 0 Å². The highest BCUT2D eigenvalue weighted by molar-refractivity contribution is 9.11. The number of pyridine rings is 1. The quantitative estimate of drug-likeness (QED) is 0.392. The fraction of sp³-hybridized carbons (Fsp3) is 0.235. The molecular weight excluding hydrogens is 470 g/mol. The maximum Gasteiger partial charge on any atom is 0.332 e. The lowest BCUT2D eigenvalue weighted by Gasteiger charge is -2.27. The lowest BCUT2D eigenvalue weighted by atomic mass is 10.0. The van der Waals surface area contributed by atoms with Crippen LogP contribution in [0.25, 0.3) is 0 Å². The summed E-state index contributed by atoms with van der Waals surface area (Å²) in [5.41, 5.74) is 0.467. The fourth-order valence-electron chi connectivity index (χ4n) is 2.72. The topological polar surface area (TPSA) is 53.5 Å². The van der Waals surface area contributed by atoms with Gasteiger partial charge in [-0.2, -0.15) is 0 Å². The normalized spacial score (nSPS) is 16.7. The molecule has 1 fully saturated rings. The van der Waals surface area contributed by atoms with Crippen LogP contribution in [0.5, 0.6) is 0 Å². The SMILES string of the molecule is CC1(C)C(=O)N(c2ccc(S)cc2)C(=O)N1Cc1cc(Br)nc(Br)c1. The molecular formula is C17H15Br2N3O2S. The van der Waals surface area contributed by atoms with Gasteiger partial charge in [0.15, 0.2) is 0 Å². The number of carbonyl (C=O) groups excluding carboxylic acids is 2. The average Bonchev–Trinajstić information content (AvgIpc) is 2.68. The van der Waals surface area contributed by atoms with E-state index in [4.69, 9.17) is 0 Å². The van der Waals surface area contributed by atoms with Crippen LogP contribution >= 0.6 is 44.5 Å². The Morgan fingerprint density at radius 1 is 1.08 bits per heavy atom. The standard InChI is InChI=1S/C17H15Br2N3O2S/c1-17(2)15(23)22(11-3-5-12(25)6-4-11)16(24)21(17)9-10-7-13(18)20-14(19)8-10/h3-8,25H,9H2,1-2H3. The van der Waals surface area contributed by atoms with E-state index in [2.05, 4.69) is 49.5 Å². The van der Waals surface area contributed by atoms with Crippen LogP contribution in [0.4, 0.5) is 10.5 Å². The second kappa shape index (κ2) is 6.74. The smallest absolute Gasteiger partial charge is 0.305 e. The minimum Gasteiger partial charge on any atom is -0.305 e. The van der Waals surface area contributed by atoms with E-state index in [9.17, 15) is 9.59 Å². The van der Waals surface area contributed by atoms with Gasteiger partial charge >= 0.3 is 6.03 Å². The summed E-state index contributed by atoms with van der Waals surface area (Å²) in [7, 11) is 0. The lowest BCUT2D eigenvalue weighted by Crippen LogP contribution is -2.43. The number of halogens is 2. The molecule has 0 bridgehead atoms. The van der Waals surface area contributed by atoms with Crippen LogP contribution in [0, 0.1) is 0 Å². The average molecular weight is 485 g/mol. The first-order valence-corrected chi connectivity index (χ1v) is 9.50. The zero-order chi connectivity index (χ0) is 18.4. The number of hydrogen-bond acceptors (Lipinski definition) is 4. The van der Waals surface area contributed by atoms with E-state index in [1.165, 1.54) is 4.90 Å². The van der Waals surface area contributed by atoms with Gasteiger partial charge in [0.25, 0.3) is 5.91 Å². The number of urea groups is 1. The van der Waals surface area contributed by atoms with Crippen molar-refractivity contribution in [1.82, 2.24) is 9.88 Å². The highest BCUT2D eigenvalue weighted by atomic mass is 79.9. The Labute approximate surface area is 168 Å². The van der Waals surface area contributed by atoms with Crippen molar-refractivity contribution in [1.29, 1.82) is 0 Å². The molecule has 2 heterocycles. The molecule has 3 amide bonds. The van der Waals surface area contributed by atoms with Crippen molar-refractivity contribution in [2.24, 2.45) is 0 Å². The van der Waals surface area contributed by atoms with Crippen LogP contribution in [0.2, 0.25) is 0 Å². The number of imide groups is 1. The van der Waals surface area contributed by atoms with E-state index in [-0.39, 0.29) is 11.9 Å². The maximum atomic E-state index is 13.0. The van der Waals surface area contributed by atoms with Crippen molar-refractivity contribution in [3.63, 3.8) is 0 Å². The van der Waals surface area contributed by atoms with E-state index < -0.39 is 5.54 Å². The lowest BCUT2D eigenvalue weighted by molar-refractivity contribution is -0.123. The van der Waals surface area contributed by atoms with Gasteiger partial charge < -0.3 is 4.90 Å². The predicted octanol–water partition coefficient (Wildman–Crippen LogP) is 4.64. The van der Waals surface area contributed by atoms with Crippen molar-refractivity contribution < 1.29 is 9.59 Å². The van der Waals surface area contributed by atoms with E-state index in [0.717, 1.165) is 10.5 Å². The van der Waals surface area contributed by atoms with E-state index >= 15 is 0 Å². The van der Waals surface area contributed by atoms with Gasteiger partial charge in [0.2, 0.25) is 0 Å². The van der Waals surface area contributed by atoms with Gasteiger partial charge in [-0.15, -0.1) is 12.6 Å². The van der Waals surface area contributed by atoms with Crippen molar-refractivity contribution in [2.45, 2.75) is 30.8 Å². The minimum absolute atomic E-state index is 0.253. The molecule has 3 rings (SSSR count). The number of thiol groups is 1. The van der Waals surface area contributed by atoms with Crippen LogP contribution in [0.3, 0.4) is 0 Å². The Hall–Kier alpha value is -1.38.